The highest BCUT2D eigenvalue weighted by Gasteiger charge is 2.28. The summed E-state index contributed by atoms with van der Waals surface area (Å²) in [6.45, 7) is 0. The molecule has 14 heavy (non-hydrogen) atoms. The summed E-state index contributed by atoms with van der Waals surface area (Å²) >= 11 is 0. The molecule has 2 rings (SSSR count). The predicted octanol–water partition coefficient (Wildman–Crippen LogP) is 1.81. The van der Waals surface area contributed by atoms with Gasteiger partial charge in [-0.2, -0.15) is 0 Å². The molecule has 0 heterocycles. The molecule has 1 saturated carbocycles. The second-order valence-electron chi connectivity index (χ2n) is 3.37. The molecule has 0 amide bonds. The molecule has 0 bridgehead atoms. The molecular weight excluding hydrogens is 180 g/mol. The largest absolute Gasteiger partial charge is 0.497 e. The molecule has 0 unspecified atom stereocenters. The first-order valence-electron chi connectivity index (χ1n) is 4.60. The maximum Gasteiger partial charge on any atom is 0.140 e. The summed E-state index contributed by atoms with van der Waals surface area (Å²) < 4.78 is 10.6. The Bertz CT molecular complexity index is 338. The van der Waals surface area contributed by atoms with E-state index < -0.39 is 0 Å². The zero-order chi connectivity index (χ0) is 9.97. The van der Waals surface area contributed by atoms with Crippen LogP contribution >= 0.6 is 0 Å². The molecule has 0 saturated heterocycles. The Balaban J connectivity index is 1.98. The number of carbonyl (C=O) groups is 1. The lowest BCUT2D eigenvalue weighted by molar-refractivity contribution is -0.129. The van der Waals surface area contributed by atoms with Gasteiger partial charge in [0.15, 0.2) is 0 Å². The number of hydrogen-bond donors (Lipinski definition) is 0. The monoisotopic (exact) mass is 192 g/mol. The van der Waals surface area contributed by atoms with Crippen LogP contribution < -0.4 is 9.47 Å². The Labute approximate surface area is 82.6 Å². The summed E-state index contributed by atoms with van der Waals surface area (Å²) in [7, 11) is 1.62. The highest BCUT2D eigenvalue weighted by atomic mass is 16.5. The SMILES string of the molecule is COc1cccc(OC2CC(=O)C2)c1. The van der Waals surface area contributed by atoms with Gasteiger partial charge in [0.2, 0.25) is 0 Å². The molecule has 0 aromatic heterocycles. The van der Waals surface area contributed by atoms with E-state index >= 15 is 0 Å². The van der Waals surface area contributed by atoms with Gasteiger partial charge in [-0.15, -0.1) is 0 Å². The standard InChI is InChI=1S/C11H12O3/c1-13-9-3-2-4-10(7-9)14-11-5-8(12)6-11/h2-4,7,11H,5-6H2,1H3. The first-order chi connectivity index (χ1) is 6.78. The van der Waals surface area contributed by atoms with Crippen molar-refractivity contribution >= 4 is 5.78 Å². The summed E-state index contributed by atoms with van der Waals surface area (Å²) in [5.41, 5.74) is 0. The van der Waals surface area contributed by atoms with Crippen molar-refractivity contribution in [1.29, 1.82) is 0 Å². The van der Waals surface area contributed by atoms with E-state index in [1.807, 2.05) is 24.3 Å². The molecule has 0 N–H and O–H groups in total. The number of Topliss-reactive ketones (excluding diaryl/α,β-unsaturated/α-hetero) is 1. The Kier molecular flexibility index (Phi) is 2.39. The maximum absolute atomic E-state index is 10.7. The van der Waals surface area contributed by atoms with Crippen molar-refractivity contribution in [1.82, 2.24) is 0 Å². The number of ether oxygens (including phenoxy) is 2. The summed E-state index contributed by atoms with van der Waals surface area (Å²) in [5, 5.41) is 0. The Morgan fingerprint density at radius 1 is 1.29 bits per heavy atom. The molecule has 3 nitrogen and oxygen atoms in total. The van der Waals surface area contributed by atoms with Crippen molar-refractivity contribution in [2.45, 2.75) is 18.9 Å². The zero-order valence-electron chi connectivity index (χ0n) is 8.03. The van der Waals surface area contributed by atoms with Gasteiger partial charge in [0.25, 0.3) is 0 Å². The van der Waals surface area contributed by atoms with Crippen LogP contribution in [-0.2, 0) is 4.79 Å². The number of ketones is 1. The third-order valence-electron chi connectivity index (χ3n) is 2.25. The lowest BCUT2D eigenvalue weighted by Gasteiger charge is -2.25. The fraction of sp³-hybridized carbons (Fsp3) is 0.364. The predicted molar refractivity (Wildman–Crippen MR) is 51.7 cm³/mol. The summed E-state index contributed by atoms with van der Waals surface area (Å²) in [5.74, 6) is 1.81. The summed E-state index contributed by atoms with van der Waals surface area (Å²) in [4.78, 5) is 10.7. The van der Waals surface area contributed by atoms with Gasteiger partial charge in [0.1, 0.15) is 23.4 Å². The number of methoxy groups -OCH3 is 1. The van der Waals surface area contributed by atoms with Crippen molar-refractivity contribution in [2.75, 3.05) is 7.11 Å². The van der Waals surface area contributed by atoms with Gasteiger partial charge < -0.3 is 9.47 Å². The van der Waals surface area contributed by atoms with E-state index in [9.17, 15) is 4.79 Å². The fourth-order valence-corrected chi connectivity index (χ4v) is 1.40. The van der Waals surface area contributed by atoms with Gasteiger partial charge in [0, 0.05) is 18.9 Å². The van der Waals surface area contributed by atoms with Crippen LogP contribution in [0.15, 0.2) is 24.3 Å². The second kappa shape index (κ2) is 3.70. The molecule has 0 atom stereocenters. The van der Waals surface area contributed by atoms with Crippen LogP contribution in [-0.4, -0.2) is 19.0 Å². The van der Waals surface area contributed by atoms with Gasteiger partial charge in [-0.3, -0.25) is 4.79 Å². The van der Waals surface area contributed by atoms with Crippen LogP contribution in [0.2, 0.25) is 0 Å². The minimum absolute atomic E-state index is 0.0645. The fourth-order valence-electron chi connectivity index (χ4n) is 1.40. The lowest BCUT2D eigenvalue weighted by Crippen LogP contribution is -2.33. The van der Waals surface area contributed by atoms with Gasteiger partial charge in [0.05, 0.1) is 7.11 Å². The topological polar surface area (TPSA) is 35.5 Å². The number of hydrogen-bond acceptors (Lipinski definition) is 3. The third-order valence-corrected chi connectivity index (χ3v) is 2.25. The maximum atomic E-state index is 10.7. The van der Waals surface area contributed by atoms with Crippen LogP contribution in [0.1, 0.15) is 12.8 Å². The summed E-state index contributed by atoms with van der Waals surface area (Å²) in [6, 6.07) is 7.42. The van der Waals surface area contributed by atoms with Gasteiger partial charge >= 0.3 is 0 Å². The molecule has 0 spiro atoms. The second-order valence-corrected chi connectivity index (χ2v) is 3.37. The molecule has 3 heteroatoms. The molecule has 1 aromatic rings. The Hall–Kier alpha value is -1.51. The minimum atomic E-state index is 0.0645. The minimum Gasteiger partial charge on any atom is -0.497 e. The van der Waals surface area contributed by atoms with Crippen LogP contribution in [0.25, 0.3) is 0 Å². The number of rotatable bonds is 3. The van der Waals surface area contributed by atoms with Crippen molar-refractivity contribution in [3.05, 3.63) is 24.3 Å². The molecule has 1 fully saturated rings. The van der Waals surface area contributed by atoms with Gasteiger partial charge in [-0.25, -0.2) is 0 Å². The van der Waals surface area contributed by atoms with E-state index in [2.05, 4.69) is 0 Å². The van der Waals surface area contributed by atoms with Crippen LogP contribution in [0.5, 0.6) is 11.5 Å². The summed E-state index contributed by atoms with van der Waals surface area (Å²) in [6.07, 6.45) is 1.14. The highest BCUT2D eigenvalue weighted by molar-refractivity contribution is 5.85. The molecule has 1 aromatic carbocycles. The van der Waals surface area contributed by atoms with Crippen molar-refractivity contribution < 1.29 is 14.3 Å². The number of carbonyl (C=O) groups excluding carboxylic acids is 1. The smallest absolute Gasteiger partial charge is 0.140 e. The Morgan fingerprint density at radius 3 is 2.64 bits per heavy atom. The van der Waals surface area contributed by atoms with E-state index in [0.717, 1.165) is 11.5 Å². The van der Waals surface area contributed by atoms with Crippen molar-refractivity contribution in [3.8, 4) is 11.5 Å². The highest BCUT2D eigenvalue weighted by Crippen LogP contribution is 2.25. The third kappa shape index (κ3) is 1.87. The molecule has 0 aliphatic heterocycles. The van der Waals surface area contributed by atoms with Crippen molar-refractivity contribution in [2.24, 2.45) is 0 Å². The van der Waals surface area contributed by atoms with Crippen LogP contribution in [0.4, 0.5) is 0 Å². The van der Waals surface area contributed by atoms with E-state index in [1.54, 1.807) is 7.11 Å². The van der Waals surface area contributed by atoms with E-state index in [-0.39, 0.29) is 11.9 Å². The quantitative estimate of drug-likeness (QED) is 0.732. The van der Waals surface area contributed by atoms with Crippen LogP contribution in [0, 0.1) is 0 Å². The molecular formula is C11H12O3. The van der Waals surface area contributed by atoms with E-state index in [0.29, 0.717) is 12.8 Å². The van der Waals surface area contributed by atoms with E-state index in [1.165, 1.54) is 0 Å². The average molecular weight is 192 g/mol. The van der Waals surface area contributed by atoms with Gasteiger partial charge in [-0.1, -0.05) is 6.07 Å². The van der Waals surface area contributed by atoms with E-state index in [4.69, 9.17) is 9.47 Å². The lowest BCUT2D eigenvalue weighted by atomic mass is 9.94. The first-order valence-corrected chi connectivity index (χ1v) is 4.60. The van der Waals surface area contributed by atoms with Gasteiger partial charge in [-0.05, 0) is 12.1 Å². The van der Waals surface area contributed by atoms with Crippen molar-refractivity contribution in [3.63, 3.8) is 0 Å². The molecule has 74 valence electrons. The molecule has 1 aliphatic carbocycles. The normalized spacial score (nSPS) is 16.2. The molecule has 1 aliphatic rings. The zero-order valence-corrected chi connectivity index (χ0v) is 8.03. The molecule has 0 radical (unpaired) electrons. The Morgan fingerprint density at radius 2 is 2.00 bits per heavy atom. The van der Waals surface area contributed by atoms with Crippen LogP contribution in [0.3, 0.4) is 0 Å². The average Bonchev–Trinajstić information content (AvgIpc) is 2.16. The number of benzene rings is 1. The first kappa shape index (κ1) is 9.06.